The van der Waals surface area contributed by atoms with Crippen LogP contribution in [0.15, 0.2) is 18.2 Å². The second-order valence-electron chi connectivity index (χ2n) is 8.52. The van der Waals surface area contributed by atoms with Crippen molar-refractivity contribution in [1.29, 1.82) is 0 Å². The molecule has 0 bridgehead atoms. The standard InChI is InChI=1S/C27H40O5/c1-7-9-11-12-13-14-23(28)32-25-21-16-15-20(19(3)4)18-22(21)24(31-17-10-8-2)26(29-5)27(25)30-6/h15-16,18-19H,7-14,17H2,1-6H3. The van der Waals surface area contributed by atoms with E-state index in [-0.39, 0.29) is 5.97 Å². The number of carbonyl (C=O) groups is 1. The summed E-state index contributed by atoms with van der Waals surface area (Å²) < 4.78 is 23.4. The van der Waals surface area contributed by atoms with Crippen LogP contribution in [0.25, 0.3) is 10.8 Å². The Hall–Kier alpha value is -2.43. The average molecular weight is 445 g/mol. The fourth-order valence-corrected chi connectivity index (χ4v) is 3.73. The number of unbranched alkanes of at least 4 members (excludes halogenated alkanes) is 5. The minimum Gasteiger partial charge on any atom is -0.490 e. The first-order chi connectivity index (χ1) is 15.5. The van der Waals surface area contributed by atoms with E-state index in [0.717, 1.165) is 42.9 Å². The molecule has 2 aromatic carbocycles. The van der Waals surface area contributed by atoms with Crippen LogP contribution in [-0.2, 0) is 4.79 Å². The van der Waals surface area contributed by atoms with E-state index in [1.807, 2.05) is 6.07 Å². The van der Waals surface area contributed by atoms with Crippen LogP contribution in [0, 0.1) is 0 Å². The van der Waals surface area contributed by atoms with Gasteiger partial charge in [0.2, 0.25) is 11.5 Å². The van der Waals surface area contributed by atoms with Crippen molar-refractivity contribution in [3.63, 3.8) is 0 Å². The molecule has 0 unspecified atom stereocenters. The molecule has 0 fully saturated rings. The predicted octanol–water partition coefficient (Wildman–Crippen LogP) is 7.43. The van der Waals surface area contributed by atoms with Gasteiger partial charge in [0.1, 0.15) is 0 Å². The molecule has 0 amide bonds. The SMILES string of the molecule is CCCCCCCC(=O)Oc1c(OC)c(OC)c(OCCCC)c2cc(C(C)C)ccc12. The molecule has 5 heteroatoms. The largest absolute Gasteiger partial charge is 0.490 e. The molecule has 0 heterocycles. The lowest BCUT2D eigenvalue weighted by atomic mass is 9.97. The molecule has 0 radical (unpaired) electrons. The Labute approximate surface area is 193 Å². The van der Waals surface area contributed by atoms with Gasteiger partial charge in [0.15, 0.2) is 11.5 Å². The van der Waals surface area contributed by atoms with Gasteiger partial charge >= 0.3 is 5.97 Å². The highest BCUT2D eigenvalue weighted by Gasteiger charge is 2.26. The molecule has 0 aliphatic carbocycles. The van der Waals surface area contributed by atoms with Crippen molar-refractivity contribution in [2.24, 2.45) is 0 Å². The summed E-state index contributed by atoms with van der Waals surface area (Å²) in [5.41, 5.74) is 1.18. The van der Waals surface area contributed by atoms with Gasteiger partial charge in [0.25, 0.3) is 0 Å². The van der Waals surface area contributed by atoms with Crippen LogP contribution < -0.4 is 18.9 Å². The van der Waals surface area contributed by atoms with Crippen LogP contribution in [0.4, 0.5) is 0 Å². The summed E-state index contributed by atoms with van der Waals surface area (Å²) in [6.07, 6.45) is 7.73. The van der Waals surface area contributed by atoms with E-state index < -0.39 is 0 Å². The molecule has 178 valence electrons. The van der Waals surface area contributed by atoms with E-state index >= 15 is 0 Å². The maximum Gasteiger partial charge on any atom is 0.311 e. The number of benzene rings is 2. The number of ether oxygens (including phenoxy) is 4. The van der Waals surface area contributed by atoms with Gasteiger partial charge in [-0.1, -0.05) is 71.9 Å². The molecule has 5 nitrogen and oxygen atoms in total. The Morgan fingerprint density at radius 3 is 2.09 bits per heavy atom. The summed E-state index contributed by atoms with van der Waals surface area (Å²) in [5.74, 6) is 1.98. The van der Waals surface area contributed by atoms with Crippen LogP contribution >= 0.6 is 0 Å². The number of fused-ring (bicyclic) bond motifs is 1. The minimum atomic E-state index is -0.254. The van der Waals surface area contributed by atoms with Crippen molar-refractivity contribution >= 4 is 16.7 Å². The maximum absolute atomic E-state index is 12.7. The van der Waals surface area contributed by atoms with Crippen LogP contribution in [0.2, 0.25) is 0 Å². The fraction of sp³-hybridized carbons (Fsp3) is 0.593. The Morgan fingerprint density at radius 2 is 1.47 bits per heavy atom. The number of hydrogen-bond donors (Lipinski definition) is 0. The van der Waals surface area contributed by atoms with Crippen LogP contribution in [0.1, 0.15) is 90.5 Å². The summed E-state index contributed by atoms with van der Waals surface area (Å²) in [4.78, 5) is 12.7. The number of esters is 1. The molecule has 2 rings (SSSR count). The lowest BCUT2D eigenvalue weighted by Crippen LogP contribution is -2.10. The van der Waals surface area contributed by atoms with Crippen molar-refractivity contribution in [1.82, 2.24) is 0 Å². The number of hydrogen-bond acceptors (Lipinski definition) is 5. The molecule has 0 spiro atoms. The van der Waals surface area contributed by atoms with Gasteiger partial charge in [-0.15, -0.1) is 0 Å². The Balaban J connectivity index is 2.49. The molecule has 0 aliphatic rings. The lowest BCUT2D eigenvalue weighted by Gasteiger charge is -2.21. The van der Waals surface area contributed by atoms with Crippen molar-refractivity contribution < 1.29 is 23.7 Å². The smallest absolute Gasteiger partial charge is 0.311 e. The molecule has 0 aliphatic heterocycles. The van der Waals surface area contributed by atoms with E-state index in [9.17, 15) is 4.79 Å². The highest BCUT2D eigenvalue weighted by atomic mass is 16.6. The van der Waals surface area contributed by atoms with E-state index in [2.05, 4.69) is 39.8 Å². The molecule has 0 N–H and O–H groups in total. The summed E-state index contributed by atoms with van der Waals surface area (Å²) in [7, 11) is 3.14. The molecule has 0 saturated carbocycles. The lowest BCUT2D eigenvalue weighted by molar-refractivity contribution is -0.134. The van der Waals surface area contributed by atoms with Crippen molar-refractivity contribution in [3.8, 4) is 23.0 Å². The fourth-order valence-electron chi connectivity index (χ4n) is 3.73. The first-order valence-corrected chi connectivity index (χ1v) is 12.0. The van der Waals surface area contributed by atoms with E-state index in [4.69, 9.17) is 18.9 Å². The molecule has 32 heavy (non-hydrogen) atoms. The number of rotatable bonds is 14. The third kappa shape index (κ3) is 6.54. The molecule has 2 aromatic rings. The molecular weight excluding hydrogens is 404 g/mol. The molecule has 0 saturated heterocycles. The monoisotopic (exact) mass is 444 g/mol. The summed E-state index contributed by atoms with van der Waals surface area (Å²) in [6, 6.07) is 6.16. The normalized spacial score (nSPS) is 11.1. The quantitative estimate of drug-likeness (QED) is 0.172. The van der Waals surface area contributed by atoms with Gasteiger partial charge in [0.05, 0.1) is 20.8 Å². The summed E-state index contributed by atoms with van der Waals surface area (Å²) >= 11 is 0. The number of carbonyl (C=O) groups excluding carboxylic acids is 1. The third-order valence-corrected chi connectivity index (χ3v) is 5.67. The zero-order valence-electron chi connectivity index (χ0n) is 20.7. The third-order valence-electron chi connectivity index (χ3n) is 5.67. The first-order valence-electron chi connectivity index (χ1n) is 12.0. The van der Waals surface area contributed by atoms with E-state index in [1.54, 1.807) is 14.2 Å². The Bertz CT molecular complexity index is 872. The average Bonchev–Trinajstić information content (AvgIpc) is 2.79. The van der Waals surface area contributed by atoms with Crippen molar-refractivity contribution in [3.05, 3.63) is 23.8 Å². The first kappa shape index (κ1) is 25.8. The van der Waals surface area contributed by atoms with Crippen molar-refractivity contribution in [2.75, 3.05) is 20.8 Å². The highest BCUT2D eigenvalue weighted by molar-refractivity contribution is 6.00. The minimum absolute atomic E-state index is 0.254. The Kier molecular flexibility index (Phi) is 10.6. The maximum atomic E-state index is 12.7. The second-order valence-corrected chi connectivity index (χ2v) is 8.52. The molecule has 0 aromatic heterocycles. The molecule has 0 atom stereocenters. The zero-order valence-corrected chi connectivity index (χ0v) is 20.7. The van der Waals surface area contributed by atoms with E-state index in [0.29, 0.717) is 41.9 Å². The van der Waals surface area contributed by atoms with Gasteiger partial charge in [-0.25, -0.2) is 0 Å². The zero-order chi connectivity index (χ0) is 23.5. The van der Waals surface area contributed by atoms with Crippen molar-refractivity contribution in [2.45, 2.75) is 85.0 Å². The van der Waals surface area contributed by atoms with Crippen LogP contribution in [0.5, 0.6) is 23.0 Å². The predicted molar refractivity (Wildman–Crippen MR) is 131 cm³/mol. The Morgan fingerprint density at radius 1 is 0.812 bits per heavy atom. The van der Waals surface area contributed by atoms with E-state index in [1.165, 1.54) is 18.4 Å². The topological polar surface area (TPSA) is 54.0 Å². The van der Waals surface area contributed by atoms with Gasteiger partial charge in [-0.2, -0.15) is 0 Å². The highest BCUT2D eigenvalue weighted by Crippen LogP contribution is 2.51. The second kappa shape index (κ2) is 13.2. The van der Waals surface area contributed by atoms with Gasteiger partial charge in [0, 0.05) is 17.2 Å². The summed E-state index contributed by atoms with van der Waals surface area (Å²) in [6.45, 7) is 9.19. The number of methoxy groups -OCH3 is 2. The van der Waals surface area contributed by atoms with Gasteiger partial charge in [-0.05, 0) is 30.4 Å². The molecular formula is C27H40O5. The van der Waals surface area contributed by atoms with Gasteiger partial charge in [-0.3, -0.25) is 4.79 Å². The van der Waals surface area contributed by atoms with Crippen LogP contribution in [0.3, 0.4) is 0 Å². The van der Waals surface area contributed by atoms with Gasteiger partial charge < -0.3 is 18.9 Å². The van der Waals surface area contributed by atoms with Crippen LogP contribution in [-0.4, -0.2) is 26.8 Å². The summed E-state index contributed by atoms with van der Waals surface area (Å²) in [5, 5.41) is 1.66.